The molecule has 6 heteroatoms. The van der Waals surface area contributed by atoms with Crippen molar-refractivity contribution >= 4 is 5.69 Å². The molecule has 1 aliphatic rings. The first-order valence-corrected chi connectivity index (χ1v) is 7.92. The van der Waals surface area contributed by atoms with Crippen LogP contribution in [0.15, 0.2) is 42.5 Å². The molecule has 1 atom stereocenters. The third-order valence-corrected chi connectivity index (χ3v) is 4.57. The van der Waals surface area contributed by atoms with Gasteiger partial charge < -0.3 is 9.64 Å². The Morgan fingerprint density at radius 1 is 1.16 bits per heavy atom. The van der Waals surface area contributed by atoms with Crippen LogP contribution in [0.3, 0.4) is 0 Å². The maximum atomic E-state index is 13.1. The molecule has 1 aliphatic heterocycles. The Morgan fingerprint density at radius 3 is 2.48 bits per heavy atom. The number of halogens is 3. The van der Waals surface area contributed by atoms with E-state index in [1.165, 1.54) is 6.07 Å². The molecule has 0 saturated carbocycles. The van der Waals surface area contributed by atoms with Crippen molar-refractivity contribution in [3.05, 3.63) is 59.2 Å². The number of nitriles is 1. The van der Waals surface area contributed by atoms with Gasteiger partial charge in [0.25, 0.3) is 0 Å². The smallest absolute Gasteiger partial charge is 0.417 e. The Morgan fingerprint density at radius 2 is 1.88 bits per heavy atom. The van der Waals surface area contributed by atoms with Crippen LogP contribution in [0.25, 0.3) is 0 Å². The van der Waals surface area contributed by atoms with Crippen molar-refractivity contribution in [2.45, 2.75) is 18.5 Å². The van der Waals surface area contributed by atoms with Gasteiger partial charge in [-0.05, 0) is 42.3 Å². The fourth-order valence-corrected chi connectivity index (χ4v) is 3.20. The standard InChI is InChI=1S/C19H17F3N2O/c1-25-17-6-3-13(4-7-17)15-8-9-24(12-15)16-5-2-14(11-23)18(10-16)19(20,21)22/h2-7,10,15H,8-9,12H2,1H3. The first-order chi connectivity index (χ1) is 11.9. The summed E-state index contributed by atoms with van der Waals surface area (Å²) < 4.78 is 44.5. The molecule has 3 nitrogen and oxygen atoms in total. The highest BCUT2D eigenvalue weighted by atomic mass is 19.4. The summed E-state index contributed by atoms with van der Waals surface area (Å²) in [5, 5.41) is 8.90. The highest BCUT2D eigenvalue weighted by Crippen LogP contribution is 2.37. The zero-order chi connectivity index (χ0) is 18.0. The van der Waals surface area contributed by atoms with E-state index in [4.69, 9.17) is 10.00 Å². The number of methoxy groups -OCH3 is 1. The van der Waals surface area contributed by atoms with Crippen LogP contribution in [0, 0.1) is 11.3 Å². The maximum Gasteiger partial charge on any atom is 0.417 e. The summed E-state index contributed by atoms with van der Waals surface area (Å²) in [4.78, 5) is 1.94. The number of hydrogen-bond donors (Lipinski definition) is 0. The van der Waals surface area contributed by atoms with E-state index in [1.807, 2.05) is 29.2 Å². The average Bonchev–Trinajstić information content (AvgIpc) is 3.10. The summed E-state index contributed by atoms with van der Waals surface area (Å²) >= 11 is 0. The van der Waals surface area contributed by atoms with E-state index < -0.39 is 11.7 Å². The minimum atomic E-state index is -4.53. The van der Waals surface area contributed by atoms with E-state index in [9.17, 15) is 13.2 Å². The van der Waals surface area contributed by atoms with Gasteiger partial charge in [0, 0.05) is 24.7 Å². The van der Waals surface area contributed by atoms with Gasteiger partial charge in [-0.1, -0.05) is 12.1 Å². The van der Waals surface area contributed by atoms with Gasteiger partial charge in [-0.2, -0.15) is 18.4 Å². The van der Waals surface area contributed by atoms with Crippen molar-refractivity contribution < 1.29 is 17.9 Å². The molecule has 0 bridgehead atoms. The predicted octanol–water partition coefficient (Wildman–Crippen LogP) is 4.58. The summed E-state index contributed by atoms with van der Waals surface area (Å²) in [6.07, 6.45) is -3.66. The molecule has 1 fully saturated rings. The second-order valence-corrected chi connectivity index (χ2v) is 6.04. The zero-order valence-corrected chi connectivity index (χ0v) is 13.7. The molecule has 0 amide bonds. The molecule has 2 aromatic rings. The molecule has 0 radical (unpaired) electrons. The number of alkyl halides is 3. The highest BCUT2D eigenvalue weighted by molar-refractivity contribution is 5.56. The van der Waals surface area contributed by atoms with Crippen LogP contribution in [0.4, 0.5) is 18.9 Å². The number of rotatable bonds is 3. The van der Waals surface area contributed by atoms with Gasteiger partial charge in [-0.25, -0.2) is 0 Å². The molecule has 25 heavy (non-hydrogen) atoms. The van der Waals surface area contributed by atoms with Crippen molar-refractivity contribution in [3.63, 3.8) is 0 Å². The van der Waals surface area contributed by atoms with Gasteiger partial charge >= 0.3 is 6.18 Å². The SMILES string of the molecule is COc1ccc(C2CCN(c3ccc(C#N)c(C(F)(F)F)c3)C2)cc1. The molecular weight excluding hydrogens is 329 g/mol. The van der Waals surface area contributed by atoms with Crippen molar-refractivity contribution in [1.29, 1.82) is 5.26 Å². The van der Waals surface area contributed by atoms with Crippen molar-refractivity contribution in [2.24, 2.45) is 0 Å². The normalized spacial score (nSPS) is 17.4. The molecule has 0 N–H and O–H groups in total. The van der Waals surface area contributed by atoms with Gasteiger partial charge in [0.1, 0.15) is 5.75 Å². The molecule has 1 heterocycles. The molecule has 2 aromatic carbocycles. The first kappa shape index (κ1) is 17.2. The minimum Gasteiger partial charge on any atom is -0.497 e. The lowest BCUT2D eigenvalue weighted by Crippen LogP contribution is -2.20. The van der Waals surface area contributed by atoms with Crippen LogP contribution in [-0.4, -0.2) is 20.2 Å². The lowest BCUT2D eigenvalue weighted by atomic mass is 9.98. The number of hydrogen-bond acceptors (Lipinski definition) is 3. The lowest BCUT2D eigenvalue weighted by Gasteiger charge is -2.21. The number of ether oxygens (including phenoxy) is 1. The van der Waals surface area contributed by atoms with Crippen LogP contribution in [0.5, 0.6) is 5.75 Å². The summed E-state index contributed by atoms with van der Waals surface area (Å²) in [5.41, 5.74) is 0.429. The molecular formula is C19H17F3N2O. The Hall–Kier alpha value is -2.68. The lowest BCUT2D eigenvalue weighted by molar-refractivity contribution is -0.137. The van der Waals surface area contributed by atoms with E-state index >= 15 is 0 Å². The van der Waals surface area contributed by atoms with Gasteiger partial charge in [0.15, 0.2) is 0 Å². The topological polar surface area (TPSA) is 36.3 Å². The van der Waals surface area contributed by atoms with Gasteiger partial charge in [-0.15, -0.1) is 0 Å². The Balaban J connectivity index is 1.81. The monoisotopic (exact) mass is 346 g/mol. The van der Waals surface area contributed by atoms with E-state index in [2.05, 4.69) is 0 Å². The summed E-state index contributed by atoms with van der Waals surface area (Å²) in [6.45, 7) is 1.33. The molecule has 1 saturated heterocycles. The van der Waals surface area contributed by atoms with E-state index in [0.29, 0.717) is 18.8 Å². The zero-order valence-electron chi connectivity index (χ0n) is 13.7. The molecule has 0 aliphatic carbocycles. The van der Waals surface area contributed by atoms with Crippen LogP contribution in [0.1, 0.15) is 29.0 Å². The summed E-state index contributed by atoms with van der Waals surface area (Å²) in [7, 11) is 1.61. The second-order valence-electron chi connectivity index (χ2n) is 6.04. The van der Waals surface area contributed by atoms with Gasteiger partial charge in [0.2, 0.25) is 0 Å². The average molecular weight is 346 g/mol. The summed E-state index contributed by atoms with van der Waals surface area (Å²) in [6, 6.07) is 13.3. The Bertz CT molecular complexity index is 794. The number of anilines is 1. The van der Waals surface area contributed by atoms with Crippen molar-refractivity contribution in [2.75, 3.05) is 25.1 Å². The fraction of sp³-hybridized carbons (Fsp3) is 0.316. The molecule has 0 aromatic heterocycles. The Labute approximate surface area is 144 Å². The number of benzene rings is 2. The van der Waals surface area contributed by atoms with E-state index in [-0.39, 0.29) is 11.5 Å². The Kier molecular flexibility index (Phi) is 4.58. The second kappa shape index (κ2) is 6.67. The minimum absolute atomic E-state index is 0.260. The van der Waals surface area contributed by atoms with Crippen LogP contribution in [-0.2, 0) is 6.18 Å². The molecule has 0 spiro atoms. The van der Waals surface area contributed by atoms with E-state index in [0.717, 1.165) is 23.8 Å². The highest BCUT2D eigenvalue weighted by Gasteiger charge is 2.35. The van der Waals surface area contributed by atoms with E-state index in [1.54, 1.807) is 19.2 Å². The summed E-state index contributed by atoms with van der Waals surface area (Å²) in [5.74, 6) is 1.04. The van der Waals surface area contributed by atoms with Gasteiger partial charge in [0.05, 0.1) is 24.3 Å². The first-order valence-electron chi connectivity index (χ1n) is 7.92. The fourth-order valence-electron chi connectivity index (χ4n) is 3.20. The van der Waals surface area contributed by atoms with Crippen molar-refractivity contribution in [3.8, 4) is 11.8 Å². The van der Waals surface area contributed by atoms with Crippen molar-refractivity contribution in [1.82, 2.24) is 0 Å². The predicted molar refractivity (Wildman–Crippen MR) is 88.7 cm³/mol. The van der Waals surface area contributed by atoms with Crippen LogP contribution < -0.4 is 9.64 Å². The number of nitrogens with zero attached hydrogens (tertiary/aromatic N) is 2. The van der Waals surface area contributed by atoms with Gasteiger partial charge in [-0.3, -0.25) is 0 Å². The largest absolute Gasteiger partial charge is 0.497 e. The molecule has 3 rings (SSSR count). The van der Waals surface area contributed by atoms with Crippen LogP contribution >= 0.6 is 0 Å². The maximum absolute atomic E-state index is 13.1. The molecule has 1 unspecified atom stereocenters. The third kappa shape index (κ3) is 3.55. The third-order valence-electron chi connectivity index (χ3n) is 4.57. The van der Waals surface area contributed by atoms with Crippen LogP contribution in [0.2, 0.25) is 0 Å². The molecule has 130 valence electrons. The quantitative estimate of drug-likeness (QED) is 0.816.